The molecule has 9 heteroatoms. The van der Waals surface area contributed by atoms with Gasteiger partial charge in [-0.3, -0.25) is 0 Å². The van der Waals surface area contributed by atoms with Crippen LogP contribution in [0.5, 0.6) is 0 Å². The average Bonchev–Trinajstić information content (AvgIpc) is 2.94. The quantitative estimate of drug-likeness (QED) is 0.815. The molecule has 0 spiro atoms. The summed E-state index contributed by atoms with van der Waals surface area (Å²) in [4.78, 5) is 5.11. The van der Waals surface area contributed by atoms with Gasteiger partial charge < -0.3 is 9.36 Å². The Kier molecular flexibility index (Phi) is 3.62. The second kappa shape index (κ2) is 5.11. The Morgan fingerprint density at radius 2 is 2.05 bits per heavy atom. The number of sulfone groups is 1. The molecule has 0 aliphatic carbocycles. The van der Waals surface area contributed by atoms with Gasteiger partial charge >= 0.3 is 0 Å². The van der Waals surface area contributed by atoms with Crippen molar-refractivity contribution in [1.29, 1.82) is 0 Å². The van der Waals surface area contributed by atoms with Crippen molar-refractivity contribution in [1.82, 2.24) is 5.16 Å². The lowest BCUT2D eigenvalue weighted by molar-refractivity contribution is 0.0123. The molecule has 0 radical (unpaired) electrons. The van der Waals surface area contributed by atoms with Crippen molar-refractivity contribution in [3.05, 3.63) is 27.9 Å². The minimum absolute atomic E-state index is 0.00164. The zero-order valence-corrected chi connectivity index (χ0v) is 14.1. The highest BCUT2D eigenvalue weighted by Gasteiger charge is 2.36. The first-order valence-corrected chi connectivity index (χ1v) is 8.80. The molecule has 0 fully saturated rings. The minimum atomic E-state index is -3.65. The Labute approximate surface area is 136 Å². The summed E-state index contributed by atoms with van der Waals surface area (Å²) in [5.41, 5.74) is -0.0750. The number of benzene rings is 1. The van der Waals surface area contributed by atoms with Gasteiger partial charge in [-0.25, -0.2) is 8.42 Å². The van der Waals surface area contributed by atoms with Crippen LogP contribution in [0.1, 0.15) is 26.0 Å². The molecule has 1 aliphatic rings. The lowest BCUT2D eigenvalue weighted by Crippen LogP contribution is -2.23. The van der Waals surface area contributed by atoms with E-state index in [-0.39, 0.29) is 27.9 Å². The Hall–Kier alpha value is -1.31. The molecule has 22 heavy (non-hydrogen) atoms. The summed E-state index contributed by atoms with van der Waals surface area (Å²) in [7, 11) is -3.65. The van der Waals surface area contributed by atoms with E-state index < -0.39 is 15.4 Å². The van der Waals surface area contributed by atoms with Gasteiger partial charge in [0, 0.05) is 16.8 Å². The Morgan fingerprint density at radius 1 is 1.32 bits per heavy atom. The number of nitrogens with zero attached hydrogens (tertiary/aromatic N) is 2. The number of oxime groups is 1. The molecule has 0 unspecified atom stereocenters. The van der Waals surface area contributed by atoms with E-state index in [9.17, 15) is 8.42 Å². The summed E-state index contributed by atoms with van der Waals surface area (Å²) in [6, 6.07) is 3.08. The van der Waals surface area contributed by atoms with Crippen LogP contribution >= 0.6 is 23.2 Å². The fourth-order valence-corrected chi connectivity index (χ4v) is 4.14. The fourth-order valence-electron chi connectivity index (χ4n) is 2.15. The van der Waals surface area contributed by atoms with E-state index >= 15 is 0 Å². The Bertz CT molecular complexity index is 887. The van der Waals surface area contributed by atoms with Gasteiger partial charge in [-0.15, -0.1) is 0 Å². The Balaban J connectivity index is 1.97. The lowest BCUT2D eigenvalue weighted by Gasteiger charge is -2.13. The molecule has 1 aromatic heterocycles. The SMILES string of the molecule is CC1(C)CC(S(=O)(=O)Cc2noc3c(Cl)cc(Cl)cc23)=NO1. The van der Waals surface area contributed by atoms with Gasteiger partial charge in [0.25, 0.3) is 0 Å². The van der Waals surface area contributed by atoms with E-state index in [0.29, 0.717) is 16.0 Å². The molecule has 2 aromatic rings. The van der Waals surface area contributed by atoms with Gasteiger partial charge in [0.2, 0.25) is 9.84 Å². The third kappa shape index (κ3) is 2.80. The zero-order chi connectivity index (χ0) is 16.1. The van der Waals surface area contributed by atoms with E-state index in [2.05, 4.69) is 10.3 Å². The van der Waals surface area contributed by atoms with E-state index in [0.717, 1.165) is 0 Å². The number of halogens is 2. The minimum Gasteiger partial charge on any atom is -0.389 e. The van der Waals surface area contributed by atoms with Gasteiger partial charge in [-0.1, -0.05) is 33.5 Å². The van der Waals surface area contributed by atoms with Crippen LogP contribution in [0.3, 0.4) is 0 Å². The van der Waals surface area contributed by atoms with E-state index in [1.165, 1.54) is 6.07 Å². The number of hydrogen-bond acceptors (Lipinski definition) is 6. The molecular weight excluding hydrogens is 351 g/mol. The summed E-state index contributed by atoms with van der Waals surface area (Å²) in [6.07, 6.45) is 0.215. The molecule has 118 valence electrons. The summed E-state index contributed by atoms with van der Waals surface area (Å²) >= 11 is 11.9. The van der Waals surface area contributed by atoms with Crippen molar-refractivity contribution in [3.8, 4) is 0 Å². The second-order valence-electron chi connectivity index (χ2n) is 5.67. The fraction of sp³-hybridized carbons (Fsp3) is 0.385. The molecule has 0 bridgehead atoms. The van der Waals surface area contributed by atoms with Crippen LogP contribution in [-0.2, 0) is 20.4 Å². The predicted octanol–water partition coefficient (Wildman–Crippen LogP) is 3.56. The highest BCUT2D eigenvalue weighted by Crippen LogP contribution is 2.32. The maximum atomic E-state index is 12.4. The first-order chi connectivity index (χ1) is 10.2. The molecular formula is C13H12Cl2N2O4S. The van der Waals surface area contributed by atoms with Crippen LogP contribution in [0.4, 0.5) is 0 Å². The first-order valence-electron chi connectivity index (χ1n) is 6.39. The molecule has 1 aliphatic heterocycles. The zero-order valence-electron chi connectivity index (χ0n) is 11.8. The van der Waals surface area contributed by atoms with Crippen molar-refractivity contribution in [2.45, 2.75) is 31.6 Å². The highest BCUT2D eigenvalue weighted by atomic mass is 35.5. The van der Waals surface area contributed by atoms with Crippen LogP contribution in [-0.4, -0.2) is 24.2 Å². The molecule has 0 atom stereocenters. The first kappa shape index (κ1) is 15.6. The molecule has 0 saturated carbocycles. The molecule has 0 amide bonds. The molecule has 3 rings (SSSR count). The van der Waals surface area contributed by atoms with Gasteiger partial charge in [0.05, 0.1) is 5.02 Å². The number of aromatic nitrogens is 1. The van der Waals surface area contributed by atoms with Crippen molar-refractivity contribution >= 4 is 49.1 Å². The topological polar surface area (TPSA) is 81.8 Å². The number of rotatable bonds is 2. The summed E-state index contributed by atoms with van der Waals surface area (Å²) in [5.74, 6) is -0.352. The molecule has 0 saturated heterocycles. The van der Waals surface area contributed by atoms with Gasteiger partial charge in [-0.2, -0.15) is 0 Å². The number of hydrogen-bond donors (Lipinski definition) is 0. The van der Waals surface area contributed by atoms with Gasteiger partial charge in [0.1, 0.15) is 17.0 Å². The summed E-state index contributed by atoms with van der Waals surface area (Å²) < 4.78 is 30.0. The standard InChI is InChI=1S/C13H12Cl2N2O4S/c1-13(2)5-11(17-21-13)22(18,19)6-10-8-3-7(14)4-9(15)12(8)20-16-10/h3-4H,5-6H2,1-2H3. The largest absolute Gasteiger partial charge is 0.389 e. The maximum absolute atomic E-state index is 12.4. The van der Waals surface area contributed by atoms with Crippen LogP contribution in [0, 0.1) is 0 Å². The predicted molar refractivity (Wildman–Crippen MR) is 83.9 cm³/mol. The monoisotopic (exact) mass is 362 g/mol. The third-order valence-corrected chi connectivity index (χ3v) is 5.31. The van der Waals surface area contributed by atoms with E-state index in [1.807, 2.05) is 0 Å². The highest BCUT2D eigenvalue weighted by molar-refractivity contribution is 8.05. The van der Waals surface area contributed by atoms with Crippen LogP contribution < -0.4 is 0 Å². The maximum Gasteiger partial charge on any atom is 0.200 e. The van der Waals surface area contributed by atoms with Gasteiger partial charge in [0.15, 0.2) is 10.6 Å². The van der Waals surface area contributed by atoms with Crippen molar-refractivity contribution in [2.24, 2.45) is 5.16 Å². The smallest absolute Gasteiger partial charge is 0.200 e. The molecule has 0 N–H and O–H groups in total. The number of fused-ring (bicyclic) bond motifs is 1. The van der Waals surface area contributed by atoms with Crippen molar-refractivity contribution < 1.29 is 17.8 Å². The van der Waals surface area contributed by atoms with Crippen molar-refractivity contribution in [3.63, 3.8) is 0 Å². The second-order valence-corrected chi connectivity index (χ2v) is 8.50. The van der Waals surface area contributed by atoms with E-state index in [4.69, 9.17) is 32.6 Å². The van der Waals surface area contributed by atoms with Crippen LogP contribution in [0.2, 0.25) is 10.0 Å². The van der Waals surface area contributed by atoms with Gasteiger partial charge in [-0.05, 0) is 26.0 Å². The normalized spacial score (nSPS) is 17.5. The molecule has 6 nitrogen and oxygen atoms in total. The van der Waals surface area contributed by atoms with Crippen LogP contribution in [0.15, 0.2) is 21.8 Å². The lowest BCUT2D eigenvalue weighted by atomic mass is 10.1. The Morgan fingerprint density at radius 3 is 2.68 bits per heavy atom. The summed E-state index contributed by atoms with van der Waals surface area (Å²) in [5, 5.41) is 8.60. The molecule has 1 aromatic carbocycles. The summed E-state index contributed by atoms with van der Waals surface area (Å²) in [6.45, 7) is 3.54. The molecule has 2 heterocycles. The van der Waals surface area contributed by atoms with Crippen molar-refractivity contribution in [2.75, 3.05) is 0 Å². The average molecular weight is 363 g/mol. The van der Waals surface area contributed by atoms with Crippen LogP contribution in [0.25, 0.3) is 11.0 Å². The third-order valence-electron chi connectivity index (χ3n) is 3.22. The van der Waals surface area contributed by atoms with E-state index in [1.54, 1.807) is 19.9 Å².